The summed E-state index contributed by atoms with van der Waals surface area (Å²) in [4.78, 5) is 15.6. The second kappa shape index (κ2) is 5.89. The normalized spacial score (nSPS) is 14.9. The van der Waals surface area contributed by atoms with E-state index in [1.807, 2.05) is 0 Å². The first-order chi connectivity index (χ1) is 8.66. The van der Waals surface area contributed by atoms with Crippen LogP contribution in [-0.2, 0) is 11.2 Å². The van der Waals surface area contributed by atoms with Crippen molar-refractivity contribution >= 4 is 11.6 Å². The second-order valence-corrected chi connectivity index (χ2v) is 5.15. The number of nitrogens with zero attached hydrogens (tertiary/aromatic N) is 2. The highest BCUT2D eigenvalue weighted by Gasteiger charge is 2.12. The number of anilines is 1. The number of amides is 1. The molecule has 0 aliphatic carbocycles. The molecule has 3 heteroatoms. The predicted octanol–water partition coefficient (Wildman–Crippen LogP) is 2.31. The Hall–Kier alpha value is -1.51. The third kappa shape index (κ3) is 3.25. The number of hydrogen-bond donors (Lipinski definition) is 0. The summed E-state index contributed by atoms with van der Waals surface area (Å²) in [5.74, 6) is 0.193. The second-order valence-electron chi connectivity index (χ2n) is 5.15. The van der Waals surface area contributed by atoms with Gasteiger partial charge in [0.2, 0.25) is 5.91 Å². The number of benzene rings is 1. The molecule has 1 aromatic rings. The van der Waals surface area contributed by atoms with Gasteiger partial charge in [0.1, 0.15) is 0 Å². The summed E-state index contributed by atoms with van der Waals surface area (Å²) in [6.45, 7) is 2.36. The maximum Gasteiger partial charge on any atom is 0.222 e. The SMILES string of the molecule is CN(C)C(=O)CCc1ccc(N2CCCC2)cc1. The Labute approximate surface area is 109 Å². The van der Waals surface area contributed by atoms with Crippen LogP contribution in [-0.4, -0.2) is 38.0 Å². The Morgan fingerprint density at radius 2 is 1.78 bits per heavy atom. The van der Waals surface area contributed by atoms with Gasteiger partial charge in [0.15, 0.2) is 0 Å². The van der Waals surface area contributed by atoms with Crippen molar-refractivity contribution in [3.8, 4) is 0 Å². The Morgan fingerprint density at radius 3 is 2.33 bits per heavy atom. The molecule has 0 spiro atoms. The molecule has 3 nitrogen and oxygen atoms in total. The number of hydrogen-bond acceptors (Lipinski definition) is 2. The van der Waals surface area contributed by atoms with Crippen LogP contribution in [0.2, 0.25) is 0 Å². The zero-order chi connectivity index (χ0) is 13.0. The number of rotatable bonds is 4. The average Bonchev–Trinajstić information content (AvgIpc) is 2.90. The van der Waals surface area contributed by atoms with Gasteiger partial charge in [-0.15, -0.1) is 0 Å². The lowest BCUT2D eigenvalue weighted by molar-refractivity contribution is -0.128. The minimum absolute atomic E-state index is 0.193. The largest absolute Gasteiger partial charge is 0.372 e. The van der Waals surface area contributed by atoms with Crippen LogP contribution in [0.4, 0.5) is 5.69 Å². The zero-order valence-electron chi connectivity index (χ0n) is 11.4. The summed E-state index contributed by atoms with van der Waals surface area (Å²) in [5, 5.41) is 0. The van der Waals surface area contributed by atoms with Crippen molar-refractivity contribution in [1.29, 1.82) is 0 Å². The molecule has 0 aromatic heterocycles. The van der Waals surface area contributed by atoms with Gasteiger partial charge in [0.25, 0.3) is 0 Å². The van der Waals surface area contributed by atoms with E-state index < -0.39 is 0 Å². The lowest BCUT2D eigenvalue weighted by atomic mass is 10.1. The lowest BCUT2D eigenvalue weighted by Crippen LogP contribution is -2.21. The minimum atomic E-state index is 0.193. The quantitative estimate of drug-likeness (QED) is 0.814. The third-order valence-corrected chi connectivity index (χ3v) is 3.53. The molecule has 2 rings (SSSR count). The molecule has 0 unspecified atom stereocenters. The van der Waals surface area contributed by atoms with E-state index in [1.165, 1.54) is 37.2 Å². The molecule has 0 radical (unpaired) electrons. The van der Waals surface area contributed by atoms with E-state index in [0.29, 0.717) is 6.42 Å². The highest BCUT2D eigenvalue weighted by atomic mass is 16.2. The van der Waals surface area contributed by atoms with E-state index in [0.717, 1.165) is 6.42 Å². The first-order valence-electron chi connectivity index (χ1n) is 6.71. The summed E-state index contributed by atoms with van der Waals surface area (Å²) in [5.41, 5.74) is 2.56. The van der Waals surface area contributed by atoms with E-state index in [1.54, 1.807) is 19.0 Å². The summed E-state index contributed by atoms with van der Waals surface area (Å²) in [7, 11) is 3.61. The summed E-state index contributed by atoms with van der Waals surface area (Å²) in [6.07, 6.45) is 4.03. The van der Waals surface area contributed by atoms with Gasteiger partial charge < -0.3 is 9.80 Å². The first-order valence-corrected chi connectivity index (χ1v) is 6.71. The molecule has 0 N–H and O–H groups in total. The molecule has 1 aliphatic rings. The van der Waals surface area contributed by atoms with Crippen molar-refractivity contribution in [3.05, 3.63) is 29.8 Å². The van der Waals surface area contributed by atoms with Crippen LogP contribution in [0.3, 0.4) is 0 Å². The first kappa shape index (κ1) is 12.9. The fourth-order valence-electron chi connectivity index (χ4n) is 2.32. The maximum absolute atomic E-state index is 11.5. The maximum atomic E-state index is 11.5. The monoisotopic (exact) mass is 246 g/mol. The molecule has 1 heterocycles. The highest BCUT2D eigenvalue weighted by molar-refractivity contribution is 5.75. The molecule has 0 saturated carbocycles. The Kier molecular flexibility index (Phi) is 4.24. The van der Waals surface area contributed by atoms with E-state index in [2.05, 4.69) is 29.2 Å². The van der Waals surface area contributed by atoms with Crippen LogP contribution in [0.5, 0.6) is 0 Å². The van der Waals surface area contributed by atoms with Crippen LogP contribution in [0.1, 0.15) is 24.8 Å². The van der Waals surface area contributed by atoms with Crippen molar-refractivity contribution < 1.29 is 4.79 Å². The van der Waals surface area contributed by atoms with Gasteiger partial charge in [-0.25, -0.2) is 0 Å². The van der Waals surface area contributed by atoms with Crippen LogP contribution in [0.15, 0.2) is 24.3 Å². The van der Waals surface area contributed by atoms with Crippen LogP contribution >= 0.6 is 0 Å². The standard InChI is InChI=1S/C15H22N2O/c1-16(2)15(18)10-7-13-5-8-14(9-6-13)17-11-3-4-12-17/h5-6,8-9H,3-4,7,10-12H2,1-2H3. The van der Waals surface area contributed by atoms with Crippen molar-refractivity contribution in [2.45, 2.75) is 25.7 Å². The molecule has 1 aliphatic heterocycles. The van der Waals surface area contributed by atoms with Crippen LogP contribution in [0, 0.1) is 0 Å². The van der Waals surface area contributed by atoms with Crippen molar-refractivity contribution in [1.82, 2.24) is 4.90 Å². The van der Waals surface area contributed by atoms with E-state index in [9.17, 15) is 4.79 Å². The molecule has 0 atom stereocenters. The van der Waals surface area contributed by atoms with Crippen molar-refractivity contribution in [2.24, 2.45) is 0 Å². The van der Waals surface area contributed by atoms with Gasteiger partial charge in [-0.3, -0.25) is 4.79 Å². The van der Waals surface area contributed by atoms with Crippen molar-refractivity contribution in [2.75, 3.05) is 32.1 Å². The fraction of sp³-hybridized carbons (Fsp3) is 0.533. The molecule has 18 heavy (non-hydrogen) atoms. The van der Waals surface area contributed by atoms with Crippen LogP contribution in [0.25, 0.3) is 0 Å². The topological polar surface area (TPSA) is 23.6 Å². The Morgan fingerprint density at radius 1 is 1.17 bits per heavy atom. The smallest absolute Gasteiger partial charge is 0.222 e. The van der Waals surface area contributed by atoms with Gasteiger partial charge in [0, 0.05) is 39.3 Å². The predicted molar refractivity (Wildman–Crippen MR) is 74.9 cm³/mol. The molecule has 1 aromatic carbocycles. The molecule has 1 fully saturated rings. The van der Waals surface area contributed by atoms with Gasteiger partial charge in [-0.05, 0) is 37.0 Å². The average molecular weight is 246 g/mol. The number of carbonyl (C=O) groups excluding carboxylic acids is 1. The lowest BCUT2D eigenvalue weighted by Gasteiger charge is -2.17. The molecule has 98 valence electrons. The van der Waals surface area contributed by atoms with E-state index >= 15 is 0 Å². The minimum Gasteiger partial charge on any atom is -0.372 e. The van der Waals surface area contributed by atoms with Crippen LogP contribution < -0.4 is 4.90 Å². The highest BCUT2D eigenvalue weighted by Crippen LogP contribution is 2.20. The Bertz CT molecular complexity index is 391. The Balaban J connectivity index is 1.89. The van der Waals surface area contributed by atoms with Crippen molar-refractivity contribution in [3.63, 3.8) is 0 Å². The summed E-state index contributed by atoms with van der Waals surface area (Å²) >= 11 is 0. The molecule has 1 amide bonds. The summed E-state index contributed by atoms with van der Waals surface area (Å²) < 4.78 is 0. The molecular formula is C15H22N2O. The van der Waals surface area contributed by atoms with E-state index in [4.69, 9.17) is 0 Å². The van der Waals surface area contributed by atoms with Gasteiger partial charge in [0.05, 0.1) is 0 Å². The molecular weight excluding hydrogens is 224 g/mol. The number of carbonyl (C=O) groups is 1. The zero-order valence-corrected chi connectivity index (χ0v) is 11.4. The summed E-state index contributed by atoms with van der Waals surface area (Å²) in [6, 6.07) is 8.66. The molecule has 1 saturated heterocycles. The fourth-order valence-corrected chi connectivity index (χ4v) is 2.32. The van der Waals surface area contributed by atoms with Gasteiger partial charge in [-0.1, -0.05) is 12.1 Å². The third-order valence-electron chi connectivity index (χ3n) is 3.53. The number of aryl methyl sites for hydroxylation is 1. The van der Waals surface area contributed by atoms with Gasteiger partial charge in [-0.2, -0.15) is 0 Å². The molecule has 0 bridgehead atoms. The van der Waals surface area contributed by atoms with Gasteiger partial charge >= 0.3 is 0 Å². The van der Waals surface area contributed by atoms with E-state index in [-0.39, 0.29) is 5.91 Å².